The molecule has 3 heteroatoms. The predicted molar refractivity (Wildman–Crippen MR) is 77.9 cm³/mol. The fourth-order valence-corrected chi connectivity index (χ4v) is 3.28. The topological polar surface area (TPSA) is 29.9 Å². The molecule has 2 aliphatic rings. The summed E-state index contributed by atoms with van der Waals surface area (Å²) in [4.78, 5) is 0. The van der Waals surface area contributed by atoms with Crippen LogP contribution >= 0.6 is 0 Å². The number of nitrogens with one attached hydrogen (secondary N) is 1. The van der Waals surface area contributed by atoms with E-state index in [1.165, 1.54) is 50.6 Å². The maximum absolute atomic E-state index is 4.75. The molecule has 1 N–H and O–H groups in total. The highest BCUT2D eigenvalue weighted by Gasteiger charge is 2.27. The second-order valence-electron chi connectivity index (χ2n) is 6.52. The van der Waals surface area contributed by atoms with E-state index in [2.05, 4.69) is 29.2 Å². The average molecular weight is 261 g/mol. The Balaban J connectivity index is 1.44. The van der Waals surface area contributed by atoms with Crippen molar-refractivity contribution in [3.8, 4) is 0 Å². The fourth-order valence-electron chi connectivity index (χ4n) is 3.28. The van der Waals surface area contributed by atoms with Crippen molar-refractivity contribution in [3.05, 3.63) is 18.0 Å². The highest BCUT2D eigenvalue weighted by atomic mass is 15.3. The van der Waals surface area contributed by atoms with Gasteiger partial charge in [0.05, 0.1) is 11.7 Å². The zero-order chi connectivity index (χ0) is 13.1. The second kappa shape index (κ2) is 6.08. The molecule has 1 aromatic rings. The Morgan fingerprint density at radius 3 is 2.79 bits per heavy atom. The summed E-state index contributed by atoms with van der Waals surface area (Å²) in [7, 11) is 0. The lowest BCUT2D eigenvalue weighted by molar-refractivity contribution is 0.327. The quantitative estimate of drug-likeness (QED) is 0.849. The van der Waals surface area contributed by atoms with E-state index in [0.717, 1.165) is 24.9 Å². The Hall–Kier alpha value is -0.830. The molecule has 3 rings (SSSR count). The number of hydrogen-bond donors (Lipinski definition) is 1. The molecule has 3 nitrogen and oxygen atoms in total. The number of hydrogen-bond acceptors (Lipinski definition) is 2. The maximum atomic E-state index is 4.75. The first-order valence-electron chi connectivity index (χ1n) is 8.07. The van der Waals surface area contributed by atoms with E-state index < -0.39 is 0 Å². The van der Waals surface area contributed by atoms with Crippen LogP contribution in [0.1, 0.15) is 63.6 Å². The normalized spacial score (nSPS) is 22.6. The maximum Gasteiger partial charge on any atom is 0.0762 e. The van der Waals surface area contributed by atoms with Crippen LogP contribution in [0.4, 0.5) is 0 Å². The van der Waals surface area contributed by atoms with Crippen LogP contribution < -0.4 is 5.32 Å². The molecule has 0 amide bonds. The van der Waals surface area contributed by atoms with Crippen LogP contribution in [0, 0.1) is 11.8 Å². The van der Waals surface area contributed by atoms with E-state index in [9.17, 15) is 0 Å². The summed E-state index contributed by atoms with van der Waals surface area (Å²) >= 11 is 0. The first kappa shape index (κ1) is 13.2. The molecule has 1 heterocycles. The summed E-state index contributed by atoms with van der Waals surface area (Å²) < 4.78 is 2.21. The lowest BCUT2D eigenvalue weighted by atomic mass is 9.96. The van der Waals surface area contributed by atoms with E-state index in [-0.39, 0.29) is 0 Å². The summed E-state index contributed by atoms with van der Waals surface area (Å²) in [6.45, 7) is 4.43. The van der Waals surface area contributed by atoms with Crippen LogP contribution in [-0.4, -0.2) is 16.3 Å². The Morgan fingerprint density at radius 1 is 1.26 bits per heavy atom. The summed E-state index contributed by atoms with van der Waals surface area (Å²) in [5.74, 6) is 1.83. The van der Waals surface area contributed by atoms with Gasteiger partial charge in [-0.1, -0.05) is 26.2 Å². The van der Waals surface area contributed by atoms with Crippen LogP contribution in [0.2, 0.25) is 0 Å². The van der Waals surface area contributed by atoms with Gasteiger partial charge in [0.1, 0.15) is 0 Å². The van der Waals surface area contributed by atoms with Crippen molar-refractivity contribution in [2.75, 3.05) is 6.54 Å². The van der Waals surface area contributed by atoms with E-state index in [4.69, 9.17) is 5.10 Å². The molecule has 1 aromatic heterocycles. The molecule has 0 spiro atoms. The van der Waals surface area contributed by atoms with Crippen molar-refractivity contribution < 1.29 is 0 Å². The van der Waals surface area contributed by atoms with Crippen LogP contribution in [0.5, 0.6) is 0 Å². The van der Waals surface area contributed by atoms with Crippen molar-refractivity contribution in [1.29, 1.82) is 0 Å². The van der Waals surface area contributed by atoms with E-state index in [1.807, 2.05) is 0 Å². The monoisotopic (exact) mass is 261 g/mol. The third-order valence-electron chi connectivity index (χ3n) is 4.81. The average Bonchev–Trinajstić information content (AvgIpc) is 3.20. The highest BCUT2D eigenvalue weighted by molar-refractivity contribution is 4.99. The molecule has 0 saturated heterocycles. The number of nitrogens with zero attached hydrogens (tertiary/aromatic N) is 2. The van der Waals surface area contributed by atoms with Crippen molar-refractivity contribution in [1.82, 2.24) is 15.1 Å². The van der Waals surface area contributed by atoms with Gasteiger partial charge in [0.25, 0.3) is 0 Å². The van der Waals surface area contributed by atoms with E-state index in [1.54, 1.807) is 0 Å². The molecule has 0 bridgehead atoms. The van der Waals surface area contributed by atoms with Gasteiger partial charge in [-0.05, 0) is 50.1 Å². The molecule has 2 aliphatic carbocycles. The largest absolute Gasteiger partial charge is 0.311 e. The second-order valence-corrected chi connectivity index (χ2v) is 6.52. The number of rotatable bonds is 6. The molecular formula is C16H27N3. The summed E-state index contributed by atoms with van der Waals surface area (Å²) in [6.07, 6.45) is 11.8. The third-order valence-corrected chi connectivity index (χ3v) is 4.81. The minimum absolute atomic E-state index is 0.660. The highest BCUT2D eigenvalue weighted by Crippen LogP contribution is 2.36. The van der Waals surface area contributed by atoms with Gasteiger partial charge in [-0.15, -0.1) is 0 Å². The molecule has 106 valence electrons. The molecule has 0 aromatic carbocycles. The Bertz CT molecular complexity index is 388. The van der Waals surface area contributed by atoms with Gasteiger partial charge in [0.2, 0.25) is 0 Å². The van der Waals surface area contributed by atoms with Gasteiger partial charge in [-0.2, -0.15) is 5.10 Å². The standard InChI is InChI=1S/C16H27N3/c1-13(14-7-8-14)11-17-12-15-9-10-19(18-15)16-5-3-2-4-6-16/h9-10,13-14,16-17H,2-8,11-12H2,1H3. The molecule has 1 unspecified atom stereocenters. The van der Waals surface area contributed by atoms with Crippen LogP contribution in [0.25, 0.3) is 0 Å². The first-order valence-corrected chi connectivity index (χ1v) is 8.07. The lowest BCUT2D eigenvalue weighted by Gasteiger charge is -2.21. The van der Waals surface area contributed by atoms with Gasteiger partial charge < -0.3 is 5.32 Å². The molecular weight excluding hydrogens is 234 g/mol. The smallest absolute Gasteiger partial charge is 0.0762 e. The lowest BCUT2D eigenvalue weighted by Crippen LogP contribution is -2.22. The van der Waals surface area contributed by atoms with Gasteiger partial charge in [-0.3, -0.25) is 4.68 Å². The van der Waals surface area contributed by atoms with Crippen LogP contribution in [0.3, 0.4) is 0 Å². The molecule has 2 saturated carbocycles. The summed E-state index contributed by atoms with van der Waals surface area (Å²) in [6, 6.07) is 2.84. The molecule has 19 heavy (non-hydrogen) atoms. The van der Waals surface area contributed by atoms with E-state index in [0.29, 0.717) is 6.04 Å². The van der Waals surface area contributed by atoms with Crippen LogP contribution in [0.15, 0.2) is 12.3 Å². The molecule has 0 aliphatic heterocycles. The number of aromatic nitrogens is 2. The Morgan fingerprint density at radius 2 is 2.05 bits per heavy atom. The summed E-state index contributed by atoms with van der Waals surface area (Å²) in [5, 5.41) is 8.31. The minimum atomic E-state index is 0.660. The summed E-state index contributed by atoms with van der Waals surface area (Å²) in [5.41, 5.74) is 1.20. The van der Waals surface area contributed by atoms with Gasteiger partial charge in [-0.25, -0.2) is 0 Å². The predicted octanol–water partition coefficient (Wildman–Crippen LogP) is 3.52. The van der Waals surface area contributed by atoms with Crippen molar-refractivity contribution in [3.63, 3.8) is 0 Å². The Kier molecular flexibility index (Phi) is 4.21. The van der Waals surface area contributed by atoms with Crippen molar-refractivity contribution in [2.45, 2.75) is 64.5 Å². The van der Waals surface area contributed by atoms with Gasteiger partial charge in [0, 0.05) is 12.7 Å². The van der Waals surface area contributed by atoms with Crippen molar-refractivity contribution >= 4 is 0 Å². The molecule has 1 atom stereocenters. The zero-order valence-corrected chi connectivity index (χ0v) is 12.1. The molecule has 0 radical (unpaired) electrons. The first-order chi connectivity index (χ1) is 9.33. The third kappa shape index (κ3) is 3.59. The van der Waals surface area contributed by atoms with Crippen LogP contribution in [-0.2, 0) is 6.54 Å². The Labute approximate surface area is 116 Å². The molecule has 2 fully saturated rings. The minimum Gasteiger partial charge on any atom is -0.311 e. The van der Waals surface area contributed by atoms with E-state index >= 15 is 0 Å². The van der Waals surface area contributed by atoms with Gasteiger partial charge >= 0.3 is 0 Å². The fraction of sp³-hybridized carbons (Fsp3) is 0.812. The SMILES string of the molecule is CC(CNCc1ccn(C2CCCCC2)n1)C1CC1. The van der Waals surface area contributed by atoms with Crippen molar-refractivity contribution in [2.24, 2.45) is 11.8 Å². The van der Waals surface area contributed by atoms with Gasteiger partial charge in [0.15, 0.2) is 0 Å². The zero-order valence-electron chi connectivity index (χ0n) is 12.1.